The molecule has 7 heteroatoms. The number of hydrogen-bond acceptors (Lipinski definition) is 6. The van der Waals surface area contributed by atoms with Gasteiger partial charge in [-0.05, 0) is 47.9 Å². The predicted octanol–water partition coefficient (Wildman–Crippen LogP) is 3.78. The van der Waals surface area contributed by atoms with Crippen molar-refractivity contribution < 1.29 is 19.1 Å². The zero-order valence-electron chi connectivity index (χ0n) is 17.5. The van der Waals surface area contributed by atoms with Gasteiger partial charge in [-0.1, -0.05) is 19.1 Å². The second-order valence-corrected chi connectivity index (χ2v) is 8.73. The molecule has 2 aliphatic rings. The molecule has 0 radical (unpaired) electrons. The van der Waals surface area contributed by atoms with Crippen LogP contribution in [0.15, 0.2) is 41.4 Å². The molecule has 3 heterocycles. The molecule has 0 saturated carbocycles. The molecule has 2 amide bonds. The van der Waals surface area contributed by atoms with Crippen LogP contribution in [0.2, 0.25) is 0 Å². The van der Waals surface area contributed by atoms with Gasteiger partial charge in [0.25, 0.3) is 11.8 Å². The molecule has 1 fully saturated rings. The third-order valence-electron chi connectivity index (χ3n) is 5.67. The van der Waals surface area contributed by atoms with Crippen LogP contribution in [-0.2, 0) is 16.1 Å². The SMILES string of the molecule is COc1ccc(CN2C(=O)C(c3cccs3)=C(N3CCCC(C)C3)C2=O)cc1OC. The second-order valence-electron chi connectivity index (χ2n) is 7.78. The van der Waals surface area contributed by atoms with Crippen molar-refractivity contribution in [2.24, 2.45) is 5.92 Å². The van der Waals surface area contributed by atoms with E-state index in [9.17, 15) is 9.59 Å². The number of benzene rings is 1. The first-order chi connectivity index (χ1) is 14.5. The minimum Gasteiger partial charge on any atom is -0.493 e. The van der Waals surface area contributed by atoms with E-state index in [1.54, 1.807) is 20.3 Å². The molecule has 0 bridgehead atoms. The number of amides is 2. The van der Waals surface area contributed by atoms with Crippen LogP contribution in [-0.4, -0.2) is 48.9 Å². The van der Waals surface area contributed by atoms with Gasteiger partial charge in [-0.3, -0.25) is 14.5 Å². The smallest absolute Gasteiger partial charge is 0.278 e. The average Bonchev–Trinajstić information content (AvgIpc) is 3.36. The Hall–Kier alpha value is -2.80. The Kier molecular flexibility index (Phi) is 5.81. The van der Waals surface area contributed by atoms with Gasteiger partial charge in [-0.2, -0.15) is 0 Å². The fourth-order valence-corrected chi connectivity index (χ4v) is 4.96. The Morgan fingerprint density at radius 2 is 1.90 bits per heavy atom. The summed E-state index contributed by atoms with van der Waals surface area (Å²) in [5.74, 6) is 1.24. The number of hydrogen-bond donors (Lipinski definition) is 0. The zero-order chi connectivity index (χ0) is 21.3. The van der Waals surface area contributed by atoms with Gasteiger partial charge in [0.2, 0.25) is 0 Å². The van der Waals surface area contributed by atoms with Crippen LogP contribution in [0.5, 0.6) is 11.5 Å². The summed E-state index contributed by atoms with van der Waals surface area (Å²) >= 11 is 1.49. The van der Waals surface area contributed by atoms with Gasteiger partial charge in [-0.25, -0.2) is 0 Å². The molecular formula is C23H26N2O4S. The Labute approximate surface area is 180 Å². The maximum atomic E-state index is 13.5. The number of likely N-dealkylation sites (tertiary alicyclic amines) is 1. The van der Waals surface area contributed by atoms with E-state index < -0.39 is 0 Å². The fraction of sp³-hybridized carbons (Fsp3) is 0.391. The fourth-order valence-electron chi connectivity index (χ4n) is 4.20. The molecular weight excluding hydrogens is 400 g/mol. The van der Waals surface area contributed by atoms with Crippen LogP contribution in [0, 0.1) is 5.92 Å². The third kappa shape index (κ3) is 3.69. The topological polar surface area (TPSA) is 59.1 Å². The first-order valence-corrected chi connectivity index (χ1v) is 11.0. The Morgan fingerprint density at radius 3 is 2.57 bits per heavy atom. The van der Waals surface area contributed by atoms with Crippen LogP contribution in [0.1, 0.15) is 30.2 Å². The van der Waals surface area contributed by atoms with Gasteiger partial charge < -0.3 is 14.4 Å². The average molecular weight is 427 g/mol. The summed E-state index contributed by atoms with van der Waals surface area (Å²) in [5, 5.41) is 1.94. The van der Waals surface area contributed by atoms with E-state index in [1.165, 1.54) is 16.2 Å². The highest BCUT2D eigenvalue weighted by Gasteiger charge is 2.42. The molecule has 0 spiro atoms. The number of piperidine rings is 1. The van der Waals surface area contributed by atoms with Crippen LogP contribution in [0.4, 0.5) is 0 Å². The van der Waals surface area contributed by atoms with Gasteiger partial charge >= 0.3 is 0 Å². The number of carbonyl (C=O) groups is 2. The molecule has 4 rings (SSSR count). The lowest BCUT2D eigenvalue weighted by atomic mass is 9.99. The highest BCUT2D eigenvalue weighted by atomic mass is 32.1. The van der Waals surface area contributed by atoms with E-state index in [0.29, 0.717) is 28.7 Å². The molecule has 2 aromatic rings. The maximum Gasteiger partial charge on any atom is 0.278 e. The lowest BCUT2D eigenvalue weighted by molar-refractivity contribution is -0.138. The summed E-state index contributed by atoms with van der Waals surface area (Å²) in [6, 6.07) is 9.29. The van der Waals surface area contributed by atoms with E-state index in [4.69, 9.17) is 9.47 Å². The van der Waals surface area contributed by atoms with E-state index >= 15 is 0 Å². The van der Waals surface area contributed by atoms with Gasteiger partial charge in [-0.15, -0.1) is 11.3 Å². The molecule has 1 aromatic carbocycles. The standard InChI is InChI=1S/C23H26N2O4S/c1-15-6-4-10-24(13-15)21-20(19-7-5-11-30-19)22(26)25(23(21)27)14-16-8-9-17(28-2)18(12-16)29-3/h5,7-9,11-12,15H,4,6,10,13-14H2,1-3H3. The molecule has 1 unspecified atom stereocenters. The lowest BCUT2D eigenvalue weighted by Gasteiger charge is -2.33. The quantitative estimate of drug-likeness (QED) is 0.658. The molecule has 1 atom stereocenters. The van der Waals surface area contributed by atoms with Crippen LogP contribution < -0.4 is 9.47 Å². The molecule has 0 aliphatic carbocycles. The Balaban J connectivity index is 1.67. The molecule has 0 N–H and O–H groups in total. The van der Waals surface area contributed by atoms with Gasteiger partial charge in [0.1, 0.15) is 5.70 Å². The number of carbonyl (C=O) groups excluding carboxylic acids is 2. The minimum atomic E-state index is -0.231. The van der Waals surface area contributed by atoms with Gasteiger partial charge in [0, 0.05) is 18.0 Å². The third-order valence-corrected chi connectivity index (χ3v) is 6.56. The number of thiophene rings is 1. The molecule has 1 aromatic heterocycles. The summed E-state index contributed by atoms with van der Waals surface area (Å²) in [7, 11) is 3.15. The van der Waals surface area contributed by atoms with Crippen molar-refractivity contribution in [1.29, 1.82) is 0 Å². The normalized spacial score (nSPS) is 19.6. The van der Waals surface area contributed by atoms with E-state index in [2.05, 4.69) is 11.8 Å². The first-order valence-electron chi connectivity index (χ1n) is 10.1. The summed E-state index contributed by atoms with van der Waals surface area (Å²) < 4.78 is 10.7. The summed E-state index contributed by atoms with van der Waals surface area (Å²) in [4.78, 5) is 31.2. The summed E-state index contributed by atoms with van der Waals surface area (Å²) in [6.07, 6.45) is 2.18. The molecule has 6 nitrogen and oxygen atoms in total. The summed E-state index contributed by atoms with van der Waals surface area (Å²) in [6.45, 7) is 3.99. The molecule has 1 saturated heterocycles. The molecule has 30 heavy (non-hydrogen) atoms. The highest BCUT2D eigenvalue weighted by Crippen LogP contribution is 2.37. The number of rotatable bonds is 6. The maximum absolute atomic E-state index is 13.5. The highest BCUT2D eigenvalue weighted by molar-refractivity contribution is 7.11. The van der Waals surface area contributed by atoms with Crippen LogP contribution in [0.3, 0.4) is 0 Å². The molecule has 2 aliphatic heterocycles. The van der Waals surface area contributed by atoms with E-state index in [0.717, 1.165) is 36.4 Å². The van der Waals surface area contributed by atoms with Crippen molar-refractivity contribution in [3.8, 4) is 11.5 Å². The van der Waals surface area contributed by atoms with Crippen molar-refractivity contribution in [2.75, 3.05) is 27.3 Å². The summed E-state index contributed by atoms with van der Waals surface area (Å²) in [5.41, 5.74) is 1.90. The number of nitrogens with zero attached hydrogens (tertiary/aromatic N) is 2. The van der Waals surface area contributed by atoms with E-state index in [-0.39, 0.29) is 18.4 Å². The minimum absolute atomic E-state index is 0.194. The Morgan fingerprint density at radius 1 is 1.10 bits per heavy atom. The lowest BCUT2D eigenvalue weighted by Crippen LogP contribution is -2.39. The van der Waals surface area contributed by atoms with Crippen molar-refractivity contribution in [1.82, 2.24) is 9.80 Å². The number of methoxy groups -OCH3 is 2. The number of ether oxygens (including phenoxy) is 2. The van der Waals surface area contributed by atoms with Crippen molar-refractivity contribution in [3.63, 3.8) is 0 Å². The van der Waals surface area contributed by atoms with Crippen molar-refractivity contribution >= 4 is 28.7 Å². The van der Waals surface area contributed by atoms with Crippen molar-refractivity contribution in [2.45, 2.75) is 26.3 Å². The first kappa shape index (κ1) is 20.5. The number of imide groups is 1. The van der Waals surface area contributed by atoms with E-state index in [1.807, 2.05) is 29.6 Å². The predicted molar refractivity (Wildman–Crippen MR) is 116 cm³/mol. The second kappa shape index (κ2) is 8.52. The zero-order valence-corrected chi connectivity index (χ0v) is 18.3. The molecule has 158 valence electrons. The van der Waals surface area contributed by atoms with Crippen LogP contribution in [0.25, 0.3) is 5.57 Å². The van der Waals surface area contributed by atoms with Gasteiger partial charge in [0.05, 0.1) is 26.3 Å². The Bertz CT molecular complexity index is 983. The monoisotopic (exact) mass is 426 g/mol. The van der Waals surface area contributed by atoms with Crippen molar-refractivity contribution in [3.05, 3.63) is 51.8 Å². The van der Waals surface area contributed by atoms with Gasteiger partial charge in [0.15, 0.2) is 11.5 Å². The van der Waals surface area contributed by atoms with Crippen LogP contribution >= 0.6 is 11.3 Å². The largest absolute Gasteiger partial charge is 0.493 e.